The van der Waals surface area contributed by atoms with Crippen molar-refractivity contribution < 1.29 is 4.79 Å². The molecule has 1 fully saturated rings. The van der Waals surface area contributed by atoms with Crippen molar-refractivity contribution in [1.29, 1.82) is 0 Å². The number of rotatable bonds is 5. The van der Waals surface area contributed by atoms with Gasteiger partial charge in [0.15, 0.2) is 5.16 Å². The third kappa shape index (κ3) is 4.29. The van der Waals surface area contributed by atoms with E-state index in [0.717, 1.165) is 29.6 Å². The van der Waals surface area contributed by atoms with Gasteiger partial charge in [0.1, 0.15) is 6.33 Å². The highest BCUT2D eigenvalue weighted by Crippen LogP contribution is 2.28. The first-order valence-corrected chi connectivity index (χ1v) is 10.3. The molecule has 1 aromatic carbocycles. The van der Waals surface area contributed by atoms with Crippen molar-refractivity contribution in [2.24, 2.45) is 5.92 Å². The zero-order chi connectivity index (χ0) is 18.7. The zero-order valence-electron chi connectivity index (χ0n) is 16.1. The van der Waals surface area contributed by atoms with E-state index in [2.05, 4.69) is 49.2 Å². The van der Waals surface area contributed by atoms with E-state index in [4.69, 9.17) is 0 Å². The molecule has 5 nitrogen and oxygen atoms in total. The Kier molecular flexibility index (Phi) is 6.01. The molecule has 26 heavy (non-hydrogen) atoms. The maximum Gasteiger partial charge on any atom is 0.233 e. The first-order chi connectivity index (χ1) is 12.5. The van der Waals surface area contributed by atoms with E-state index in [1.165, 1.54) is 35.7 Å². The lowest BCUT2D eigenvalue weighted by molar-refractivity contribution is -0.129. The summed E-state index contributed by atoms with van der Waals surface area (Å²) in [6.45, 7) is 6.46. The second-order valence-corrected chi connectivity index (χ2v) is 8.42. The number of hydrogen-bond donors (Lipinski definition) is 0. The highest BCUT2D eigenvalue weighted by Gasteiger charge is 2.25. The summed E-state index contributed by atoms with van der Waals surface area (Å²) in [5.41, 5.74) is 3.46. The molecule has 0 radical (unpaired) electrons. The molecule has 1 aliphatic carbocycles. The molecule has 0 N–H and O–H groups in total. The largest absolute Gasteiger partial charge is 0.342 e. The fourth-order valence-electron chi connectivity index (χ4n) is 3.63. The summed E-state index contributed by atoms with van der Waals surface area (Å²) in [7, 11) is 1.94. The van der Waals surface area contributed by atoms with Crippen molar-refractivity contribution in [3.63, 3.8) is 0 Å². The van der Waals surface area contributed by atoms with Gasteiger partial charge in [0.25, 0.3) is 0 Å². The van der Waals surface area contributed by atoms with E-state index in [1.807, 2.05) is 16.5 Å². The standard InChI is InChI=1S/C20H28N4OS/c1-14-5-8-17(9-6-14)23(4)19(25)12-26-20-22-21-13-24(20)18-10-7-15(2)11-16(18)3/h7,10-11,13-14,17H,5-6,8-9,12H2,1-4H3. The summed E-state index contributed by atoms with van der Waals surface area (Å²) in [4.78, 5) is 14.6. The summed E-state index contributed by atoms with van der Waals surface area (Å²) in [5, 5.41) is 9.03. The van der Waals surface area contributed by atoms with E-state index >= 15 is 0 Å². The highest BCUT2D eigenvalue weighted by molar-refractivity contribution is 7.99. The number of hydrogen-bond acceptors (Lipinski definition) is 4. The Bertz CT molecular complexity index is 765. The Morgan fingerprint density at radius 3 is 2.69 bits per heavy atom. The molecule has 3 rings (SSSR count). The average molecular weight is 373 g/mol. The van der Waals surface area contributed by atoms with Gasteiger partial charge >= 0.3 is 0 Å². The third-order valence-corrected chi connectivity index (χ3v) is 6.31. The number of amides is 1. The monoisotopic (exact) mass is 372 g/mol. The molecule has 0 atom stereocenters. The molecule has 1 aromatic heterocycles. The van der Waals surface area contributed by atoms with Crippen molar-refractivity contribution in [3.05, 3.63) is 35.7 Å². The quantitative estimate of drug-likeness (QED) is 0.744. The molecule has 0 bridgehead atoms. The van der Waals surface area contributed by atoms with E-state index in [9.17, 15) is 4.79 Å². The van der Waals surface area contributed by atoms with Crippen molar-refractivity contribution in [2.75, 3.05) is 12.8 Å². The minimum Gasteiger partial charge on any atom is -0.342 e. The van der Waals surface area contributed by atoms with Crippen LogP contribution in [0.25, 0.3) is 5.69 Å². The van der Waals surface area contributed by atoms with E-state index < -0.39 is 0 Å². The molecular weight excluding hydrogens is 344 g/mol. The summed E-state index contributed by atoms with van der Waals surface area (Å²) >= 11 is 1.46. The van der Waals surface area contributed by atoms with Crippen LogP contribution in [0.5, 0.6) is 0 Å². The molecule has 0 saturated heterocycles. The van der Waals surface area contributed by atoms with Gasteiger partial charge < -0.3 is 4.90 Å². The third-order valence-electron chi connectivity index (χ3n) is 5.38. The summed E-state index contributed by atoms with van der Waals surface area (Å²) < 4.78 is 1.97. The maximum absolute atomic E-state index is 12.6. The molecule has 1 saturated carbocycles. The highest BCUT2D eigenvalue weighted by atomic mass is 32.2. The Balaban J connectivity index is 1.63. The van der Waals surface area contributed by atoms with Gasteiger partial charge in [-0.05, 0) is 57.1 Å². The van der Waals surface area contributed by atoms with Gasteiger partial charge in [0, 0.05) is 13.1 Å². The fraction of sp³-hybridized carbons (Fsp3) is 0.550. The molecule has 2 aromatic rings. The first-order valence-electron chi connectivity index (χ1n) is 9.32. The van der Waals surface area contributed by atoms with Crippen LogP contribution in [0, 0.1) is 19.8 Å². The minimum atomic E-state index is 0.171. The van der Waals surface area contributed by atoms with Crippen LogP contribution in [0.2, 0.25) is 0 Å². The molecule has 1 amide bonds. The van der Waals surface area contributed by atoms with Crippen LogP contribution in [0.15, 0.2) is 29.7 Å². The summed E-state index contributed by atoms with van der Waals surface area (Å²) in [5.74, 6) is 1.36. The smallest absolute Gasteiger partial charge is 0.233 e. The van der Waals surface area contributed by atoms with Crippen molar-refractivity contribution >= 4 is 17.7 Å². The Hall–Kier alpha value is -1.82. The van der Waals surface area contributed by atoms with E-state index in [1.54, 1.807) is 6.33 Å². The second kappa shape index (κ2) is 8.25. The van der Waals surface area contributed by atoms with Gasteiger partial charge in [-0.25, -0.2) is 0 Å². The molecule has 0 spiro atoms. The van der Waals surface area contributed by atoms with Gasteiger partial charge in [-0.3, -0.25) is 9.36 Å². The number of aromatic nitrogens is 3. The van der Waals surface area contributed by atoms with E-state index in [0.29, 0.717) is 11.8 Å². The number of nitrogens with zero attached hydrogens (tertiary/aromatic N) is 4. The number of benzene rings is 1. The van der Waals surface area contributed by atoms with Crippen LogP contribution in [0.1, 0.15) is 43.7 Å². The normalized spacial score (nSPS) is 20.2. The predicted octanol–water partition coefficient (Wildman–Crippen LogP) is 4.01. The van der Waals surface area contributed by atoms with Crippen molar-refractivity contribution in [1.82, 2.24) is 19.7 Å². The minimum absolute atomic E-state index is 0.171. The number of thioether (sulfide) groups is 1. The Labute approximate surface area is 160 Å². The van der Waals surface area contributed by atoms with Gasteiger partial charge in [-0.2, -0.15) is 0 Å². The molecule has 1 aliphatic rings. The van der Waals surface area contributed by atoms with Crippen molar-refractivity contribution in [3.8, 4) is 5.69 Å². The van der Waals surface area contributed by atoms with Crippen LogP contribution >= 0.6 is 11.8 Å². The van der Waals surface area contributed by atoms with Gasteiger partial charge in [0.05, 0.1) is 11.4 Å². The number of carbonyl (C=O) groups is 1. The molecular formula is C20H28N4OS. The van der Waals surface area contributed by atoms with Crippen LogP contribution in [-0.2, 0) is 4.79 Å². The summed E-state index contributed by atoms with van der Waals surface area (Å²) in [6.07, 6.45) is 6.39. The topological polar surface area (TPSA) is 51.0 Å². The fourth-order valence-corrected chi connectivity index (χ4v) is 4.47. The lowest BCUT2D eigenvalue weighted by Crippen LogP contribution is -2.40. The Morgan fingerprint density at radius 1 is 1.27 bits per heavy atom. The zero-order valence-corrected chi connectivity index (χ0v) is 16.9. The second-order valence-electron chi connectivity index (χ2n) is 7.48. The van der Waals surface area contributed by atoms with Gasteiger partial charge in [0.2, 0.25) is 5.91 Å². The average Bonchev–Trinajstić information content (AvgIpc) is 3.08. The van der Waals surface area contributed by atoms with E-state index in [-0.39, 0.29) is 5.91 Å². The Morgan fingerprint density at radius 2 is 2.00 bits per heavy atom. The lowest BCUT2D eigenvalue weighted by Gasteiger charge is -2.33. The molecule has 140 valence electrons. The van der Waals surface area contributed by atoms with Gasteiger partial charge in [-0.1, -0.05) is 36.4 Å². The molecule has 6 heteroatoms. The first kappa shape index (κ1) is 19.0. The number of carbonyl (C=O) groups excluding carboxylic acids is 1. The van der Waals surface area contributed by atoms with Crippen LogP contribution in [0.4, 0.5) is 0 Å². The van der Waals surface area contributed by atoms with Crippen LogP contribution in [-0.4, -0.2) is 44.4 Å². The van der Waals surface area contributed by atoms with Crippen LogP contribution < -0.4 is 0 Å². The maximum atomic E-state index is 12.6. The van der Waals surface area contributed by atoms with Crippen molar-refractivity contribution in [2.45, 2.75) is 57.7 Å². The SMILES string of the molecule is Cc1ccc(-n2cnnc2SCC(=O)N(C)C2CCC(C)CC2)c(C)c1. The molecule has 0 unspecified atom stereocenters. The van der Waals surface area contributed by atoms with Crippen LogP contribution in [0.3, 0.4) is 0 Å². The predicted molar refractivity (Wildman–Crippen MR) is 106 cm³/mol. The molecule has 1 heterocycles. The molecule has 0 aliphatic heterocycles. The van der Waals surface area contributed by atoms with Gasteiger partial charge in [-0.15, -0.1) is 10.2 Å². The number of aryl methyl sites for hydroxylation is 2. The summed E-state index contributed by atoms with van der Waals surface area (Å²) in [6, 6.07) is 6.69. The lowest BCUT2D eigenvalue weighted by atomic mass is 9.87.